The first-order chi connectivity index (χ1) is 10.1. The van der Waals surface area contributed by atoms with Crippen molar-refractivity contribution in [3.63, 3.8) is 0 Å². The van der Waals surface area contributed by atoms with E-state index < -0.39 is 0 Å². The number of rotatable bonds is 2. The van der Waals surface area contributed by atoms with E-state index in [1.165, 1.54) is 0 Å². The standard InChI is InChI=1S/C16H9Cl3N2/c17-12-3-1-10(2-4-12)15-5-6-20-16(21-15)11-7-13(18)9-14(19)8-11/h1-9H. The van der Waals surface area contributed by atoms with E-state index in [1.54, 1.807) is 24.4 Å². The summed E-state index contributed by atoms with van der Waals surface area (Å²) in [5.74, 6) is 0.576. The van der Waals surface area contributed by atoms with E-state index in [4.69, 9.17) is 34.8 Å². The highest BCUT2D eigenvalue weighted by atomic mass is 35.5. The van der Waals surface area contributed by atoms with Crippen molar-refractivity contribution >= 4 is 34.8 Å². The zero-order valence-corrected chi connectivity index (χ0v) is 13.0. The minimum Gasteiger partial charge on any atom is -0.237 e. The van der Waals surface area contributed by atoms with Gasteiger partial charge in [-0.2, -0.15) is 0 Å². The molecule has 0 atom stereocenters. The second kappa shape index (κ2) is 6.02. The maximum absolute atomic E-state index is 6.02. The minimum absolute atomic E-state index is 0.554. The van der Waals surface area contributed by atoms with Crippen LogP contribution >= 0.6 is 34.8 Å². The summed E-state index contributed by atoms with van der Waals surface area (Å²) in [6, 6.07) is 14.6. The molecule has 0 saturated carbocycles. The van der Waals surface area contributed by atoms with E-state index in [0.717, 1.165) is 16.8 Å². The molecule has 1 heterocycles. The number of nitrogens with zero attached hydrogens (tertiary/aromatic N) is 2. The quantitative estimate of drug-likeness (QED) is 0.594. The smallest absolute Gasteiger partial charge is 0.159 e. The minimum atomic E-state index is 0.554. The van der Waals surface area contributed by atoms with Crippen LogP contribution in [-0.2, 0) is 0 Å². The highest BCUT2D eigenvalue weighted by Crippen LogP contribution is 2.27. The molecule has 2 aromatic carbocycles. The molecule has 1 aromatic heterocycles. The second-order valence-electron chi connectivity index (χ2n) is 4.43. The summed E-state index contributed by atoms with van der Waals surface area (Å²) >= 11 is 17.9. The van der Waals surface area contributed by atoms with Crippen LogP contribution in [0.15, 0.2) is 54.7 Å². The molecule has 0 aliphatic rings. The van der Waals surface area contributed by atoms with Crippen molar-refractivity contribution in [1.82, 2.24) is 9.97 Å². The average Bonchev–Trinajstić information content (AvgIpc) is 2.47. The molecular formula is C16H9Cl3N2. The van der Waals surface area contributed by atoms with Gasteiger partial charge in [-0.05, 0) is 36.4 Å². The lowest BCUT2D eigenvalue weighted by Crippen LogP contribution is -1.91. The Bertz CT molecular complexity index is 766. The maximum atomic E-state index is 6.02. The first-order valence-corrected chi connectivity index (χ1v) is 7.31. The lowest BCUT2D eigenvalue weighted by Gasteiger charge is -2.05. The fourth-order valence-corrected chi connectivity index (χ4v) is 2.61. The summed E-state index contributed by atoms with van der Waals surface area (Å²) in [5, 5.41) is 1.80. The van der Waals surface area contributed by atoms with Gasteiger partial charge in [0.2, 0.25) is 0 Å². The van der Waals surface area contributed by atoms with Crippen LogP contribution in [0.2, 0.25) is 15.1 Å². The third-order valence-electron chi connectivity index (χ3n) is 2.92. The molecule has 5 heteroatoms. The van der Waals surface area contributed by atoms with Crippen LogP contribution in [0, 0.1) is 0 Å². The van der Waals surface area contributed by atoms with Crippen LogP contribution in [0.1, 0.15) is 0 Å². The Kier molecular flexibility index (Phi) is 4.11. The Balaban J connectivity index is 2.05. The van der Waals surface area contributed by atoms with Crippen LogP contribution in [0.25, 0.3) is 22.6 Å². The molecule has 3 rings (SSSR count). The van der Waals surface area contributed by atoms with Crippen LogP contribution in [0.5, 0.6) is 0 Å². The van der Waals surface area contributed by atoms with Crippen molar-refractivity contribution in [1.29, 1.82) is 0 Å². The van der Waals surface area contributed by atoms with Crippen LogP contribution < -0.4 is 0 Å². The first kappa shape index (κ1) is 14.3. The molecule has 0 saturated heterocycles. The molecule has 0 bridgehead atoms. The Morgan fingerprint density at radius 2 is 1.33 bits per heavy atom. The molecular weight excluding hydrogens is 327 g/mol. The molecule has 0 spiro atoms. The molecule has 104 valence electrons. The third-order valence-corrected chi connectivity index (χ3v) is 3.60. The van der Waals surface area contributed by atoms with E-state index in [1.807, 2.05) is 30.3 Å². The van der Waals surface area contributed by atoms with Gasteiger partial charge in [-0.3, -0.25) is 0 Å². The summed E-state index contributed by atoms with van der Waals surface area (Å²) in [7, 11) is 0. The van der Waals surface area contributed by atoms with Gasteiger partial charge in [0, 0.05) is 32.4 Å². The van der Waals surface area contributed by atoms with E-state index >= 15 is 0 Å². The molecule has 0 radical (unpaired) electrons. The van der Waals surface area contributed by atoms with Crippen LogP contribution in [0.3, 0.4) is 0 Å². The lowest BCUT2D eigenvalue weighted by atomic mass is 10.1. The van der Waals surface area contributed by atoms with E-state index in [0.29, 0.717) is 20.9 Å². The summed E-state index contributed by atoms with van der Waals surface area (Å²) < 4.78 is 0. The molecule has 0 aliphatic carbocycles. The zero-order valence-electron chi connectivity index (χ0n) is 10.7. The summed E-state index contributed by atoms with van der Waals surface area (Å²) in [5.41, 5.74) is 2.56. The van der Waals surface area contributed by atoms with E-state index in [-0.39, 0.29) is 0 Å². The van der Waals surface area contributed by atoms with Crippen molar-refractivity contribution in [2.24, 2.45) is 0 Å². The third kappa shape index (κ3) is 3.35. The normalized spacial score (nSPS) is 10.6. The maximum Gasteiger partial charge on any atom is 0.159 e. The Morgan fingerprint density at radius 1 is 0.667 bits per heavy atom. The van der Waals surface area contributed by atoms with Crippen molar-refractivity contribution in [3.8, 4) is 22.6 Å². The number of hydrogen-bond donors (Lipinski definition) is 0. The predicted molar refractivity (Wildman–Crippen MR) is 87.9 cm³/mol. The van der Waals surface area contributed by atoms with Crippen molar-refractivity contribution < 1.29 is 0 Å². The van der Waals surface area contributed by atoms with Crippen LogP contribution in [0.4, 0.5) is 0 Å². The van der Waals surface area contributed by atoms with Crippen molar-refractivity contribution in [2.45, 2.75) is 0 Å². The van der Waals surface area contributed by atoms with Gasteiger partial charge < -0.3 is 0 Å². The molecule has 0 aliphatic heterocycles. The van der Waals surface area contributed by atoms with E-state index in [2.05, 4.69) is 9.97 Å². The van der Waals surface area contributed by atoms with Gasteiger partial charge in [0.05, 0.1) is 5.69 Å². The second-order valence-corrected chi connectivity index (χ2v) is 5.74. The van der Waals surface area contributed by atoms with Crippen molar-refractivity contribution in [3.05, 3.63) is 69.8 Å². The monoisotopic (exact) mass is 334 g/mol. The predicted octanol–water partition coefficient (Wildman–Crippen LogP) is 5.77. The Labute approximate surface area is 137 Å². The molecule has 3 aromatic rings. The fourth-order valence-electron chi connectivity index (χ4n) is 1.96. The molecule has 21 heavy (non-hydrogen) atoms. The molecule has 0 amide bonds. The highest BCUT2D eigenvalue weighted by Gasteiger charge is 2.07. The molecule has 0 N–H and O–H groups in total. The topological polar surface area (TPSA) is 25.8 Å². The lowest BCUT2D eigenvalue weighted by molar-refractivity contribution is 1.18. The fraction of sp³-hybridized carbons (Fsp3) is 0. The van der Waals surface area contributed by atoms with Gasteiger partial charge >= 0.3 is 0 Å². The number of benzene rings is 2. The Hall–Kier alpha value is -1.61. The van der Waals surface area contributed by atoms with Crippen LogP contribution in [-0.4, -0.2) is 9.97 Å². The average molecular weight is 336 g/mol. The van der Waals surface area contributed by atoms with E-state index in [9.17, 15) is 0 Å². The van der Waals surface area contributed by atoms with Gasteiger partial charge in [-0.1, -0.05) is 46.9 Å². The first-order valence-electron chi connectivity index (χ1n) is 6.17. The molecule has 2 nitrogen and oxygen atoms in total. The summed E-state index contributed by atoms with van der Waals surface area (Å²) in [6.07, 6.45) is 1.71. The summed E-state index contributed by atoms with van der Waals surface area (Å²) in [6.45, 7) is 0. The van der Waals surface area contributed by atoms with Gasteiger partial charge in [0.25, 0.3) is 0 Å². The number of aromatic nitrogens is 2. The largest absolute Gasteiger partial charge is 0.237 e. The van der Waals surface area contributed by atoms with Gasteiger partial charge in [0.15, 0.2) is 5.82 Å². The van der Waals surface area contributed by atoms with Gasteiger partial charge in [-0.25, -0.2) is 9.97 Å². The molecule has 0 unspecified atom stereocenters. The number of halogens is 3. The SMILES string of the molecule is Clc1ccc(-c2ccnc(-c3cc(Cl)cc(Cl)c3)n2)cc1. The Morgan fingerprint density at radius 3 is 2.00 bits per heavy atom. The van der Waals surface area contributed by atoms with Gasteiger partial charge in [0.1, 0.15) is 0 Å². The number of hydrogen-bond acceptors (Lipinski definition) is 2. The zero-order chi connectivity index (χ0) is 14.8. The van der Waals surface area contributed by atoms with Crippen molar-refractivity contribution in [2.75, 3.05) is 0 Å². The van der Waals surface area contributed by atoms with Gasteiger partial charge in [-0.15, -0.1) is 0 Å². The molecule has 0 fully saturated rings. The highest BCUT2D eigenvalue weighted by molar-refractivity contribution is 6.35. The summed E-state index contributed by atoms with van der Waals surface area (Å²) in [4.78, 5) is 8.83.